The molecule has 2 aliphatic rings. The molecular formula is C19H30ClN5O2. The number of carbonyl (C=O) groups excluding carboxylic acids is 1. The maximum atomic E-state index is 12.5. The van der Waals surface area contributed by atoms with Crippen molar-refractivity contribution in [1.29, 1.82) is 0 Å². The van der Waals surface area contributed by atoms with Crippen LogP contribution in [0.1, 0.15) is 47.5 Å². The van der Waals surface area contributed by atoms with Crippen LogP contribution in [0.2, 0.25) is 5.15 Å². The van der Waals surface area contributed by atoms with Crippen molar-refractivity contribution in [1.82, 2.24) is 14.9 Å². The number of hydrogen-bond donors (Lipinski definition) is 0. The van der Waals surface area contributed by atoms with Crippen molar-refractivity contribution in [2.24, 2.45) is 0 Å². The highest BCUT2D eigenvalue weighted by Gasteiger charge is 2.35. The largest absolute Gasteiger partial charge is 0.444 e. The van der Waals surface area contributed by atoms with Crippen LogP contribution in [0.4, 0.5) is 16.6 Å². The molecule has 1 amide bonds. The van der Waals surface area contributed by atoms with Crippen LogP contribution >= 0.6 is 11.6 Å². The topological polar surface area (TPSA) is 61.8 Å². The summed E-state index contributed by atoms with van der Waals surface area (Å²) in [5, 5.41) is 0.455. The lowest BCUT2D eigenvalue weighted by atomic mass is 10.1. The Morgan fingerprint density at radius 1 is 1.15 bits per heavy atom. The fourth-order valence-electron chi connectivity index (χ4n) is 3.62. The maximum Gasteiger partial charge on any atom is 0.410 e. The molecule has 2 fully saturated rings. The Labute approximate surface area is 166 Å². The molecule has 2 atom stereocenters. The second-order valence-electron chi connectivity index (χ2n) is 8.53. The Balaban J connectivity index is 1.76. The van der Waals surface area contributed by atoms with Crippen LogP contribution in [-0.2, 0) is 4.74 Å². The van der Waals surface area contributed by atoms with E-state index in [0.29, 0.717) is 24.2 Å². The van der Waals surface area contributed by atoms with E-state index in [2.05, 4.69) is 21.7 Å². The molecule has 0 saturated carbocycles. The van der Waals surface area contributed by atoms with Gasteiger partial charge >= 0.3 is 6.09 Å². The number of nitrogens with zero attached hydrogens (tertiary/aromatic N) is 5. The Bertz CT molecular complexity index is 687. The summed E-state index contributed by atoms with van der Waals surface area (Å²) in [5.41, 5.74) is -0.498. The van der Waals surface area contributed by atoms with Gasteiger partial charge in [0, 0.05) is 44.3 Å². The van der Waals surface area contributed by atoms with Crippen LogP contribution in [0.3, 0.4) is 0 Å². The van der Waals surface area contributed by atoms with Gasteiger partial charge in [-0.05, 0) is 47.5 Å². The van der Waals surface area contributed by atoms with Crippen molar-refractivity contribution in [2.75, 3.05) is 36.0 Å². The van der Waals surface area contributed by atoms with E-state index in [1.165, 1.54) is 0 Å². The summed E-state index contributed by atoms with van der Waals surface area (Å²) in [7, 11) is 0. The smallest absolute Gasteiger partial charge is 0.410 e. The predicted molar refractivity (Wildman–Crippen MR) is 108 cm³/mol. The zero-order valence-corrected chi connectivity index (χ0v) is 17.7. The standard InChI is InChI=1S/C19H30ClN5O2/c1-13-12-25(18(26)27-19(3,4)5)14(2)11-24(13)16-10-15(20)21-17(22-16)23-8-6-7-9-23/h10,13-14H,6-9,11-12H2,1-5H3. The first kappa shape index (κ1) is 20.0. The molecule has 2 unspecified atom stereocenters. The van der Waals surface area contributed by atoms with E-state index in [9.17, 15) is 4.79 Å². The highest BCUT2D eigenvalue weighted by Crippen LogP contribution is 2.27. The van der Waals surface area contributed by atoms with Gasteiger partial charge in [0.2, 0.25) is 5.95 Å². The highest BCUT2D eigenvalue weighted by molar-refractivity contribution is 6.29. The number of hydrogen-bond acceptors (Lipinski definition) is 6. The van der Waals surface area contributed by atoms with Crippen LogP contribution in [0.15, 0.2) is 6.07 Å². The maximum absolute atomic E-state index is 12.5. The summed E-state index contributed by atoms with van der Waals surface area (Å²) < 4.78 is 5.56. The summed E-state index contributed by atoms with van der Waals surface area (Å²) in [6, 6.07) is 1.93. The number of amides is 1. The molecule has 2 aliphatic heterocycles. The SMILES string of the molecule is CC1CN(c2cc(Cl)nc(N3CCCC3)n2)C(C)CN1C(=O)OC(C)(C)C. The van der Waals surface area contributed by atoms with E-state index < -0.39 is 5.60 Å². The van der Waals surface area contributed by atoms with Gasteiger partial charge in [0.1, 0.15) is 16.6 Å². The molecular weight excluding hydrogens is 366 g/mol. The molecule has 0 N–H and O–H groups in total. The molecule has 150 valence electrons. The summed E-state index contributed by atoms with van der Waals surface area (Å²) >= 11 is 6.29. The van der Waals surface area contributed by atoms with E-state index in [-0.39, 0.29) is 18.2 Å². The van der Waals surface area contributed by atoms with Crippen molar-refractivity contribution in [3.05, 3.63) is 11.2 Å². The van der Waals surface area contributed by atoms with Crippen molar-refractivity contribution < 1.29 is 9.53 Å². The van der Waals surface area contributed by atoms with E-state index in [1.807, 2.05) is 33.8 Å². The Morgan fingerprint density at radius 2 is 1.81 bits per heavy atom. The third kappa shape index (κ3) is 4.75. The van der Waals surface area contributed by atoms with E-state index in [0.717, 1.165) is 31.7 Å². The summed E-state index contributed by atoms with van der Waals surface area (Å²) in [6.45, 7) is 13.0. The molecule has 0 aromatic carbocycles. The van der Waals surface area contributed by atoms with Crippen LogP contribution in [0.5, 0.6) is 0 Å². The fraction of sp³-hybridized carbons (Fsp3) is 0.737. The Kier molecular flexibility index (Phi) is 5.70. The highest BCUT2D eigenvalue weighted by atomic mass is 35.5. The van der Waals surface area contributed by atoms with Crippen LogP contribution < -0.4 is 9.80 Å². The first-order chi connectivity index (χ1) is 12.6. The third-order valence-electron chi connectivity index (χ3n) is 4.97. The van der Waals surface area contributed by atoms with E-state index in [1.54, 1.807) is 4.90 Å². The minimum Gasteiger partial charge on any atom is -0.444 e. The molecule has 3 heterocycles. The van der Waals surface area contributed by atoms with Crippen molar-refractivity contribution in [2.45, 2.75) is 65.1 Å². The fourth-order valence-corrected chi connectivity index (χ4v) is 3.79. The minimum absolute atomic E-state index is 0.0139. The normalized spacial score (nSPS) is 23.7. The number of halogens is 1. The Morgan fingerprint density at radius 3 is 2.44 bits per heavy atom. The third-order valence-corrected chi connectivity index (χ3v) is 5.16. The van der Waals surface area contributed by atoms with Gasteiger partial charge in [-0.3, -0.25) is 0 Å². The molecule has 27 heavy (non-hydrogen) atoms. The van der Waals surface area contributed by atoms with Gasteiger partial charge in [0.05, 0.1) is 0 Å². The Hall–Kier alpha value is -1.76. The predicted octanol–water partition coefficient (Wildman–Crippen LogP) is 3.56. The molecule has 3 rings (SSSR count). The quantitative estimate of drug-likeness (QED) is 0.713. The van der Waals surface area contributed by atoms with Crippen molar-refractivity contribution >= 4 is 29.5 Å². The minimum atomic E-state index is -0.498. The molecule has 7 nitrogen and oxygen atoms in total. The van der Waals surface area contributed by atoms with Gasteiger partial charge in [-0.15, -0.1) is 0 Å². The lowest BCUT2D eigenvalue weighted by molar-refractivity contribution is 0.0130. The average Bonchev–Trinajstić information content (AvgIpc) is 3.09. The average molecular weight is 396 g/mol. The summed E-state index contributed by atoms with van der Waals surface area (Å²) in [4.78, 5) is 27.9. The number of aromatic nitrogens is 2. The lowest BCUT2D eigenvalue weighted by Gasteiger charge is -2.44. The van der Waals surface area contributed by atoms with Crippen LogP contribution in [-0.4, -0.2) is 64.8 Å². The number of rotatable bonds is 2. The first-order valence-corrected chi connectivity index (χ1v) is 10.1. The molecule has 0 bridgehead atoms. The summed E-state index contributed by atoms with van der Waals surface area (Å²) in [5.74, 6) is 1.52. The molecule has 0 spiro atoms. The van der Waals surface area contributed by atoms with E-state index in [4.69, 9.17) is 21.3 Å². The van der Waals surface area contributed by atoms with Crippen molar-refractivity contribution in [3.8, 4) is 0 Å². The molecule has 2 saturated heterocycles. The second-order valence-corrected chi connectivity index (χ2v) is 8.91. The van der Waals surface area contributed by atoms with Crippen molar-refractivity contribution in [3.63, 3.8) is 0 Å². The number of carbonyl (C=O) groups is 1. The van der Waals surface area contributed by atoms with Gasteiger partial charge in [-0.1, -0.05) is 11.6 Å². The second kappa shape index (κ2) is 7.70. The number of ether oxygens (including phenoxy) is 1. The molecule has 0 radical (unpaired) electrons. The van der Waals surface area contributed by atoms with Gasteiger partial charge in [-0.25, -0.2) is 9.78 Å². The number of piperazine rings is 1. The van der Waals surface area contributed by atoms with Gasteiger partial charge in [0.15, 0.2) is 0 Å². The number of anilines is 2. The van der Waals surface area contributed by atoms with Crippen LogP contribution in [0.25, 0.3) is 0 Å². The summed E-state index contributed by atoms with van der Waals surface area (Å²) in [6.07, 6.45) is 2.06. The lowest BCUT2D eigenvalue weighted by Crippen LogP contribution is -2.59. The molecule has 0 aliphatic carbocycles. The first-order valence-electron chi connectivity index (χ1n) is 9.70. The molecule has 1 aromatic heterocycles. The monoisotopic (exact) mass is 395 g/mol. The zero-order valence-electron chi connectivity index (χ0n) is 16.9. The van der Waals surface area contributed by atoms with Gasteiger partial charge in [-0.2, -0.15) is 4.98 Å². The zero-order chi connectivity index (χ0) is 19.8. The molecule has 1 aromatic rings. The molecule has 8 heteroatoms. The van der Waals surface area contributed by atoms with Gasteiger partial charge in [0.25, 0.3) is 0 Å². The van der Waals surface area contributed by atoms with Crippen LogP contribution in [0, 0.1) is 0 Å². The van der Waals surface area contributed by atoms with Gasteiger partial charge < -0.3 is 19.4 Å². The van der Waals surface area contributed by atoms with E-state index >= 15 is 0 Å².